The summed E-state index contributed by atoms with van der Waals surface area (Å²) >= 11 is 6.00. The molecule has 0 aliphatic rings. The second-order valence-corrected chi connectivity index (χ2v) is 5.00. The molecule has 3 rings (SSSR count). The van der Waals surface area contributed by atoms with Gasteiger partial charge in [-0.3, -0.25) is 4.79 Å². The van der Waals surface area contributed by atoms with Crippen LogP contribution in [-0.4, -0.2) is 16.8 Å². The standard InChI is InChI=1S/C15H12ClNO3/c1-17-10-7-8(16)3-4-9(10)15(19)13-11(18)5-6-12(20-2)14(13)17/h3-7,18H,1-2H3. The lowest BCUT2D eigenvalue weighted by molar-refractivity contribution is 0.416. The number of fused-ring (bicyclic) bond motifs is 2. The van der Waals surface area contributed by atoms with E-state index in [-0.39, 0.29) is 16.6 Å². The monoisotopic (exact) mass is 289 g/mol. The maximum Gasteiger partial charge on any atom is 0.201 e. The van der Waals surface area contributed by atoms with Crippen LogP contribution in [0.25, 0.3) is 21.8 Å². The number of aryl methyl sites for hydroxylation is 1. The summed E-state index contributed by atoms with van der Waals surface area (Å²) in [5.74, 6) is 0.470. The number of methoxy groups -OCH3 is 1. The number of nitrogens with zero attached hydrogens (tertiary/aromatic N) is 1. The molecule has 0 spiro atoms. The van der Waals surface area contributed by atoms with Crippen LogP contribution in [0.15, 0.2) is 35.1 Å². The van der Waals surface area contributed by atoms with Gasteiger partial charge in [-0.2, -0.15) is 0 Å². The average molecular weight is 290 g/mol. The van der Waals surface area contributed by atoms with Crippen LogP contribution in [0.4, 0.5) is 0 Å². The molecule has 0 bridgehead atoms. The molecule has 0 saturated carbocycles. The Morgan fingerprint density at radius 1 is 1.25 bits per heavy atom. The first-order valence-corrected chi connectivity index (χ1v) is 6.40. The van der Waals surface area contributed by atoms with E-state index >= 15 is 0 Å². The van der Waals surface area contributed by atoms with Gasteiger partial charge in [-0.25, -0.2) is 0 Å². The van der Waals surface area contributed by atoms with Crippen LogP contribution >= 0.6 is 11.6 Å². The van der Waals surface area contributed by atoms with Crippen molar-refractivity contribution < 1.29 is 9.84 Å². The van der Waals surface area contributed by atoms with E-state index in [4.69, 9.17) is 16.3 Å². The summed E-state index contributed by atoms with van der Waals surface area (Å²) in [4.78, 5) is 12.6. The van der Waals surface area contributed by atoms with E-state index in [1.807, 2.05) is 7.05 Å². The first-order chi connectivity index (χ1) is 9.54. The molecule has 1 heterocycles. The summed E-state index contributed by atoms with van der Waals surface area (Å²) < 4.78 is 7.10. The Bertz CT molecular complexity index is 899. The second-order valence-electron chi connectivity index (χ2n) is 4.56. The van der Waals surface area contributed by atoms with Gasteiger partial charge >= 0.3 is 0 Å². The highest BCUT2D eigenvalue weighted by Gasteiger charge is 2.16. The molecule has 0 saturated heterocycles. The van der Waals surface area contributed by atoms with Gasteiger partial charge in [0.15, 0.2) is 0 Å². The normalized spacial score (nSPS) is 11.2. The van der Waals surface area contributed by atoms with Crippen LogP contribution in [0.1, 0.15) is 0 Å². The average Bonchev–Trinajstić information content (AvgIpc) is 2.44. The molecule has 0 unspecified atom stereocenters. The Balaban J connectivity index is 2.69. The zero-order valence-electron chi connectivity index (χ0n) is 11.0. The predicted octanol–water partition coefficient (Wildman–Crippen LogP) is 3.06. The van der Waals surface area contributed by atoms with Crippen LogP contribution in [0.5, 0.6) is 11.5 Å². The summed E-state index contributed by atoms with van der Waals surface area (Å²) in [6.07, 6.45) is 0. The molecule has 0 atom stereocenters. The second kappa shape index (κ2) is 4.42. The molecular formula is C15H12ClNO3. The van der Waals surface area contributed by atoms with E-state index in [2.05, 4.69) is 0 Å². The molecule has 1 N–H and O–H groups in total. The number of benzene rings is 2. The predicted molar refractivity (Wildman–Crippen MR) is 79.9 cm³/mol. The number of hydrogen-bond acceptors (Lipinski definition) is 3. The fourth-order valence-electron chi connectivity index (χ4n) is 2.51. The first-order valence-electron chi connectivity index (χ1n) is 6.02. The lowest BCUT2D eigenvalue weighted by atomic mass is 10.1. The van der Waals surface area contributed by atoms with Crippen molar-refractivity contribution in [3.05, 3.63) is 45.6 Å². The number of hydrogen-bond donors (Lipinski definition) is 1. The topological polar surface area (TPSA) is 51.5 Å². The van der Waals surface area contributed by atoms with Crippen molar-refractivity contribution in [1.82, 2.24) is 4.57 Å². The van der Waals surface area contributed by atoms with E-state index in [9.17, 15) is 9.90 Å². The number of pyridine rings is 1. The Labute approximate surface area is 119 Å². The Morgan fingerprint density at radius 2 is 2.00 bits per heavy atom. The summed E-state index contributed by atoms with van der Waals surface area (Å²) in [6, 6.07) is 8.14. The number of phenolic OH excluding ortho intramolecular Hbond substituents is 1. The number of phenols is 1. The Kier molecular flexibility index (Phi) is 2.83. The van der Waals surface area contributed by atoms with Crippen molar-refractivity contribution in [2.24, 2.45) is 7.05 Å². The van der Waals surface area contributed by atoms with Crippen molar-refractivity contribution >= 4 is 33.4 Å². The molecule has 4 nitrogen and oxygen atoms in total. The molecule has 20 heavy (non-hydrogen) atoms. The highest BCUT2D eigenvalue weighted by molar-refractivity contribution is 6.31. The molecule has 0 radical (unpaired) electrons. The van der Waals surface area contributed by atoms with Gasteiger partial charge in [-0.05, 0) is 30.3 Å². The molecule has 0 amide bonds. The minimum Gasteiger partial charge on any atom is -0.507 e. The highest BCUT2D eigenvalue weighted by Crippen LogP contribution is 2.32. The molecule has 2 aromatic carbocycles. The van der Waals surface area contributed by atoms with Gasteiger partial charge in [0.2, 0.25) is 5.43 Å². The van der Waals surface area contributed by atoms with Crippen LogP contribution < -0.4 is 10.2 Å². The van der Waals surface area contributed by atoms with Crippen molar-refractivity contribution in [1.29, 1.82) is 0 Å². The lowest BCUT2D eigenvalue weighted by Crippen LogP contribution is -2.10. The highest BCUT2D eigenvalue weighted by atomic mass is 35.5. The summed E-state index contributed by atoms with van der Waals surface area (Å²) in [5.41, 5.74) is 1.01. The molecule has 0 fully saturated rings. The Morgan fingerprint density at radius 3 is 2.70 bits per heavy atom. The minimum atomic E-state index is -0.235. The van der Waals surface area contributed by atoms with Crippen LogP contribution in [0.2, 0.25) is 5.02 Å². The van der Waals surface area contributed by atoms with E-state index in [1.54, 1.807) is 28.8 Å². The number of rotatable bonds is 1. The van der Waals surface area contributed by atoms with E-state index in [0.717, 1.165) is 0 Å². The van der Waals surface area contributed by atoms with Gasteiger partial charge in [0.05, 0.1) is 23.5 Å². The van der Waals surface area contributed by atoms with Crippen molar-refractivity contribution in [3.63, 3.8) is 0 Å². The number of halogens is 1. The molecule has 0 aliphatic carbocycles. The fraction of sp³-hybridized carbons (Fsp3) is 0.133. The number of aromatic hydroxyl groups is 1. The molecule has 1 aromatic heterocycles. The van der Waals surface area contributed by atoms with Crippen LogP contribution in [0, 0.1) is 0 Å². The molecule has 102 valence electrons. The number of ether oxygens (including phenoxy) is 1. The lowest BCUT2D eigenvalue weighted by Gasteiger charge is -2.14. The van der Waals surface area contributed by atoms with Crippen LogP contribution in [-0.2, 0) is 7.05 Å². The third-order valence-corrected chi connectivity index (χ3v) is 3.70. The molecule has 3 aromatic rings. The van der Waals surface area contributed by atoms with Gasteiger partial charge in [-0.1, -0.05) is 11.6 Å². The maximum atomic E-state index is 12.6. The third kappa shape index (κ3) is 1.65. The third-order valence-electron chi connectivity index (χ3n) is 3.47. The molecule has 0 aliphatic heterocycles. The van der Waals surface area contributed by atoms with E-state index < -0.39 is 0 Å². The molecule has 5 heteroatoms. The quantitative estimate of drug-likeness (QED) is 0.701. The van der Waals surface area contributed by atoms with Gasteiger partial charge in [0, 0.05) is 17.5 Å². The van der Waals surface area contributed by atoms with Gasteiger partial charge in [0.25, 0.3) is 0 Å². The molecular weight excluding hydrogens is 278 g/mol. The smallest absolute Gasteiger partial charge is 0.201 e. The van der Waals surface area contributed by atoms with Crippen molar-refractivity contribution in [2.75, 3.05) is 7.11 Å². The Hall–Kier alpha value is -2.20. The fourth-order valence-corrected chi connectivity index (χ4v) is 2.68. The SMILES string of the molecule is COc1ccc(O)c2c(=O)c3ccc(Cl)cc3n(C)c12. The minimum absolute atomic E-state index is 0.0572. The summed E-state index contributed by atoms with van der Waals surface area (Å²) in [7, 11) is 3.33. The van der Waals surface area contributed by atoms with Gasteiger partial charge in [-0.15, -0.1) is 0 Å². The summed E-state index contributed by atoms with van der Waals surface area (Å²) in [5, 5.41) is 11.3. The van der Waals surface area contributed by atoms with Crippen molar-refractivity contribution in [3.8, 4) is 11.5 Å². The van der Waals surface area contributed by atoms with Crippen molar-refractivity contribution in [2.45, 2.75) is 0 Å². The largest absolute Gasteiger partial charge is 0.507 e. The van der Waals surface area contributed by atoms with E-state index in [0.29, 0.717) is 27.2 Å². The first kappa shape index (κ1) is 12.8. The zero-order chi connectivity index (χ0) is 14.4. The number of aromatic nitrogens is 1. The van der Waals surface area contributed by atoms with Crippen LogP contribution in [0.3, 0.4) is 0 Å². The van der Waals surface area contributed by atoms with E-state index in [1.165, 1.54) is 13.2 Å². The summed E-state index contributed by atoms with van der Waals surface area (Å²) in [6.45, 7) is 0. The maximum absolute atomic E-state index is 12.6. The van der Waals surface area contributed by atoms with Gasteiger partial charge in [0.1, 0.15) is 11.5 Å². The van der Waals surface area contributed by atoms with Gasteiger partial charge < -0.3 is 14.4 Å². The zero-order valence-corrected chi connectivity index (χ0v) is 11.7.